The summed E-state index contributed by atoms with van der Waals surface area (Å²) in [5.41, 5.74) is 8.51. The summed E-state index contributed by atoms with van der Waals surface area (Å²) >= 11 is 0. The lowest BCUT2D eigenvalue weighted by molar-refractivity contribution is -0.121. The molecule has 2 rings (SSSR count). The van der Waals surface area contributed by atoms with E-state index >= 15 is 0 Å². The van der Waals surface area contributed by atoms with E-state index in [2.05, 4.69) is 19.2 Å². The van der Waals surface area contributed by atoms with Crippen LogP contribution in [0, 0.1) is 5.82 Å². The maximum atomic E-state index is 13.7. The first-order valence-corrected chi connectivity index (χ1v) is 9.30. The molecule has 0 radical (unpaired) electrons. The summed E-state index contributed by atoms with van der Waals surface area (Å²) in [5, 5.41) is 2.74. The van der Waals surface area contributed by atoms with Crippen molar-refractivity contribution in [2.24, 2.45) is 5.73 Å². The van der Waals surface area contributed by atoms with Gasteiger partial charge < -0.3 is 15.8 Å². The second-order valence-electron chi connectivity index (χ2n) is 7.00. The number of hydrogen-bond donors (Lipinski definition) is 2. The zero-order chi connectivity index (χ0) is 20.7. The number of carbonyl (C=O) groups is 2. The molecular weight excluding hydrogens is 395 g/mol. The van der Waals surface area contributed by atoms with Crippen molar-refractivity contribution in [3.8, 4) is 5.75 Å². The second kappa shape index (κ2) is 11.5. The molecule has 0 aliphatic rings. The predicted octanol–water partition coefficient (Wildman–Crippen LogP) is 4.16. The summed E-state index contributed by atoms with van der Waals surface area (Å²) in [4.78, 5) is 24.1. The van der Waals surface area contributed by atoms with E-state index in [4.69, 9.17) is 10.5 Å². The molecule has 0 spiro atoms. The van der Waals surface area contributed by atoms with Crippen molar-refractivity contribution in [3.05, 3.63) is 65.0 Å². The van der Waals surface area contributed by atoms with Gasteiger partial charge in [-0.3, -0.25) is 9.59 Å². The summed E-state index contributed by atoms with van der Waals surface area (Å²) in [5.74, 6) is -0.652. The molecule has 1 amide bonds. The van der Waals surface area contributed by atoms with Gasteiger partial charge in [0, 0.05) is 31.0 Å². The number of methoxy groups -OCH3 is 1. The molecule has 0 aliphatic carbocycles. The summed E-state index contributed by atoms with van der Waals surface area (Å²) in [6, 6.07) is 11.7. The van der Waals surface area contributed by atoms with Crippen molar-refractivity contribution in [1.82, 2.24) is 5.32 Å². The lowest BCUT2D eigenvalue weighted by atomic mass is 9.99. The topological polar surface area (TPSA) is 81.4 Å². The van der Waals surface area contributed by atoms with Gasteiger partial charge in [0.2, 0.25) is 5.91 Å². The van der Waals surface area contributed by atoms with Gasteiger partial charge in [-0.15, -0.1) is 12.4 Å². The van der Waals surface area contributed by atoms with Crippen molar-refractivity contribution >= 4 is 24.1 Å². The highest BCUT2D eigenvalue weighted by atomic mass is 35.5. The van der Waals surface area contributed by atoms with Gasteiger partial charge in [0.15, 0.2) is 17.3 Å². The van der Waals surface area contributed by atoms with Gasteiger partial charge in [-0.1, -0.05) is 38.1 Å². The fourth-order valence-electron chi connectivity index (χ4n) is 2.77. The molecule has 0 aliphatic heterocycles. The predicted molar refractivity (Wildman–Crippen MR) is 114 cm³/mol. The number of benzene rings is 2. The molecule has 2 aromatic rings. The Morgan fingerprint density at radius 3 is 2.24 bits per heavy atom. The molecule has 29 heavy (non-hydrogen) atoms. The lowest BCUT2D eigenvalue weighted by Crippen LogP contribution is -2.32. The Kier molecular flexibility index (Phi) is 9.78. The molecule has 3 N–H and O–H groups in total. The lowest BCUT2D eigenvalue weighted by Gasteiger charge is -2.14. The van der Waals surface area contributed by atoms with Gasteiger partial charge in [0.1, 0.15) is 0 Å². The summed E-state index contributed by atoms with van der Waals surface area (Å²) in [6.07, 6.45) is 0.0153. The summed E-state index contributed by atoms with van der Waals surface area (Å²) < 4.78 is 18.5. The Balaban J connectivity index is 0.00000420. The highest BCUT2D eigenvalue weighted by Gasteiger charge is 2.13. The van der Waals surface area contributed by atoms with E-state index in [0.717, 1.165) is 11.6 Å². The third-order valence-corrected chi connectivity index (χ3v) is 4.60. The van der Waals surface area contributed by atoms with Crippen molar-refractivity contribution < 1.29 is 18.7 Å². The third kappa shape index (κ3) is 7.15. The average Bonchev–Trinajstić information content (AvgIpc) is 2.70. The SMILES string of the molecule is COc1ccc(C(=O)CCC(=O)NCC(N)c2ccc(C(C)C)cc2)cc1F.Cl. The monoisotopic (exact) mass is 422 g/mol. The first-order valence-electron chi connectivity index (χ1n) is 9.30. The first-order chi connectivity index (χ1) is 13.3. The van der Waals surface area contributed by atoms with Crippen LogP contribution < -0.4 is 15.8 Å². The first kappa shape index (κ1) is 24.6. The Bertz CT molecular complexity index is 825. The molecule has 2 aromatic carbocycles. The number of ether oxygens (including phenoxy) is 1. The molecule has 0 saturated heterocycles. The van der Waals surface area contributed by atoms with E-state index in [1.165, 1.54) is 24.8 Å². The number of nitrogens with one attached hydrogen (secondary N) is 1. The van der Waals surface area contributed by atoms with E-state index in [-0.39, 0.29) is 60.8 Å². The number of carbonyl (C=O) groups excluding carboxylic acids is 2. The van der Waals surface area contributed by atoms with E-state index in [0.29, 0.717) is 5.92 Å². The van der Waals surface area contributed by atoms with E-state index < -0.39 is 5.82 Å². The van der Waals surface area contributed by atoms with E-state index in [9.17, 15) is 14.0 Å². The molecule has 158 valence electrons. The van der Waals surface area contributed by atoms with Crippen LogP contribution in [0.2, 0.25) is 0 Å². The molecule has 0 bridgehead atoms. The van der Waals surface area contributed by atoms with Crippen molar-refractivity contribution in [2.75, 3.05) is 13.7 Å². The van der Waals surface area contributed by atoms with Crippen LogP contribution in [-0.4, -0.2) is 25.3 Å². The highest BCUT2D eigenvalue weighted by molar-refractivity contribution is 5.98. The molecule has 1 atom stereocenters. The summed E-state index contributed by atoms with van der Waals surface area (Å²) in [6.45, 7) is 4.53. The average molecular weight is 423 g/mol. The van der Waals surface area contributed by atoms with Crippen molar-refractivity contribution in [2.45, 2.75) is 38.6 Å². The van der Waals surface area contributed by atoms with Gasteiger partial charge in [-0.2, -0.15) is 0 Å². The fraction of sp³-hybridized carbons (Fsp3) is 0.364. The second-order valence-corrected chi connectivity index (χ2v) is 7.00. The van der Waals surface area contributed by atoms with Crippen LogP contribution in [0.1, 0.15) is 60.1 Å². The number of halogens is 2. The largest absolute Gasteiger partial charge is 0.494 e. The smallest absolute Gasteiger partial charge is 0.220 e. The van der Waals surface area contributed by atoms with Crippen molar-refractivity contribution in [3.63, 3.8) is 0 Å². The highest BCUT2D eigenvalue weighted by Crippen LogP contribution is 2.19. The Hall–Kier alpha value is -2.44. The van der Waals surface area contributed by atoms with Crippen LogP contribution in [0.4, 0.5) is 4.39 Å². The van der Waals surface area contributed by atoms with Gasteiger partial charge in [-0.25, -0.2) is 4.39 Å². The van der Waals surface area contributed by atoms with Crippen LogP contribution in [0.15, 0.2) is 42.5 Å². The zero-order valence-electron chi connectivity index (χ0n) is 16.9. The van der Waals surface area contributed by atoms with E-state index in [1.807, 2.05) is 24.3 Å². The number of hydrogen-bond acceptors (Lipinski definition) is 4. The van der Waals surface area contributed by atoms with Crippen LogP contribution in [0.5, 0.6) is 5.75 Å². The number of nitrogens with two attached hydrogens (primary N) is 1. The van der Waals surface area contributed by atoms with Crippen LogP contribution in [0.3, 0.4) is 0 Å². The maximum absolute atomic E-state index is 13.7. The number of Topliss-reactive ketones (excluding diaryl/α,β-unsaturated/α-hetero) is 1. The van der Waals surface area contributed by atoms with Crippen LogP contribution in [-0.2, 0) is 4.79 Å². The number of rotatable bonds is 9. The van der Waals surface area contributed by atoms with Crippen LogP contribution in [0.25, 0.3) is 0 Å². The van der Waals surface area contributed by atoms with Gasteiger partial charge in [0.05, 0.1) is 7.11 Å². The maximum Gasteiger partial charge on any atom is 0.220 e. The molecule has 0 fully saturated rings. The molecule has 7 heteroatoms. The minimum Gasteiger partial charge on any atom is -0.494 e. The molecule has 0 heterocycles. The van der Waals surface area contributed by atoms with Crippen molar-refractivity contribution in [1.29, 1.82) is 0 Å². The quantitative estimate of drug-likeness (QED) is 0.594. The number of ketones is 1. The van der Waals surface area contributed by atoms with Crippen LogP contribution >= 0.6 is 12.4 Å². The fourth-order valence-corrected chi connectivity index (χ4v) is 2.77. The molecule has 1 unspecified atom stereocenters. The Morgan fingerprint density at radius 1 is 1.07 bits per heavy atom. The normalized spacial score (nSPS) is 11.5. The molecule has 5 nitrogen and oxygen atoms in total. The van der Waals surface area contributed by atoms with E-state index in [1.54, 1.807) is 0 Å². The van der Waals surface area contributed by atoms with Gasteiger partial charge in [0.25, 0.3) is 0 Å². The minimum absolute atomic E-state index is 0. The Labute approximate surface area is 177 Å². The summed E-state index contributed by atoms with van der Waals surface area (Å²) in [7, 11) is 1.35. The molecule has 0 saturated carbocycles. The molecule has 0 aromatic heterocycles. The van der Waals surface area contributed by atoms with Gasteiger partial charge in [-0.05, 0) is 35.2 Å². The third-order valence-electron chi connectivity index (χ3n) is 4.60. The molecular formula is C22H28ClFN2O3. The minimum atomic E-state index is -0.604. The Morgan fingerprint density at radius 2 is 1.69 bits per heavy atom. The number of amides is 1. The zero-order valence-corrected chi connectivity index (χ0v) is 17.7. The standard InChI is InChI=1S/C22H27FN2O3.ClH/c1-14(2)15-4-6-16(7-5-15)19(24)13-25-22(27)11-9-20(26)17-8-10-21(28-3)18(23)12-17;/h4-8,10,12,14,19H,9,11,13,24H2,1-3H3,(H,25,27);1H. The van der Waals surface area contributed by atoms with Gasteiger partial charge >= 0.3 is 0 Å².